The molecule has 62 valence electrons. The number of aryl methyl sites for hydroxylation is 1. The second kappa shape index (κ2) is 2.88. The van der Waals surface area contributed by atoms with Crippen LogP contribution < -0.4 is 0 Å². The molecule has 2 rings (SSSR count). The highest BCUT2D eigenvalue weighted by Crippen LogP contribution is 2.28. The highest BCUT2D eigenvalue weighted by molar-refractivity contribution is 14.1. The van der Waals surface area contributed by atoms with Crippen LogP contribution in [-0.2, 0) is 0 Å². The van der Waals surface area contributed by atoms with Gasteiger partial charge in [0.15, 0.2) is 9.35 Å². The fourth-order valence-corrected chi connectivity index (χ4v) is 1.71. The van der Waals surface area contributed by atoms with Crippen molar-refractivity contribution in [2.75, 3.05) is 0 Å². The minimum Gasteiger partial charge on any atom is -0.447 e. The van der Waals surface area contributed by atoms with E-state index in [9.17, 15) is 0 Å². The van der Waals surface area contributed by atoms with E-state index in [0.717, 1.165) is 14.8 Å². The number of hydrogen-bond donors (Lipinski definition) is 0. The smallest absolute Gasteiger partial charge is 0.172 e. The van der Waals surface area contributed by atoms with Gasteiger partial charge in [0.25, 0.3) is 0 Å². The Labute approximate surface area is 88.1 Å². The Morgan fingerprint density at radius 3 is 3.08 bits per heavy atom. The zero-order valence-electron chi connectivity index (χ0n) is 6.27. The van der Waals surface area contributed by atoms with Gasteiger partial charge in [-0.2, -0.15) is 0 Å². The highest BCUT2D eigenvalue weighted by atomic mass is 127. The first-order valence-electron chi connectivity index (χ1n) is 3.38. The molecule has 2 heterocycles. The van der Waals surface area contributed by atoms with E-state index in [-0.39, 0.29) is 0 Å². The van der Waals surface area contributed by atoms with Crippen LogP contribution in [0.15, 0.2) is 16.7 Å². The van der Waals surface area contributed by atoms with Gasteiger partial charge in [-0.15, -0.1) is 0 Å². The van der Waals surface area contributed by atoms with Crippen LogP contribution in [0.1, 0.15) is 5.56 Å². The molecule has 12 heavy (non-hydrogen) atoms. The highest BCUT2D eigenvalue weighted by Gasteiger charge is 2.08. The zero-order valence-corrected chi connectivity index (χ0v) is 9.18. The summed E-state index contributed by atoms with van der Waals surface area (Å²) in [6.07, 6.45) is 1.75. The van der Waals surface area contributed by atoms with Gasteiger partial charge < -0.3 is 4.42 Å². The Balaban J connectivity index is 2.89. The maximum Gasteiger partial charge on any atom is 0.172 e. The van der Waals surface area contributed by atoms with Gasteiger partial charge in [-0.25, -0.2) is 0 Å². The molecule has 0 saturated carbocycles. The second-order valence-electron chi connectivity index (χ2n) is 2.52. The molecule has 0 radical (unpaired) electrons. The van der Waals surface area contributed by atoms with Crippen molar-refractivity contribution < 1.29 is 4.42 Å². The number of fused-ring (bicyclic) bond motifs is 1. The summed E-state index contributed by atoms with van der Waals surface area (Å²) in [4.78, 5) is 4.18. The Hall–Kier alpha value is -0.290. The summed E-state index contributed by atoms with van der Waals surface area (Å²) in [5, 5.41) is 0.655. The molecule has 2 aromatic rings. The van der Waals surface area contributed by atoms with Crippen LogP contribution in [0.3, 0.4) is 0 Å². The summed E-state index contributed by atoms with van der Waals surface area (Å²) >= 11 is 8.10. The summed E-state index contributed by atoms with van der Waals surface area (Å²) in [6.45, 7) is 1.91. The third-order valence-corrected chi connectivity index (χ3v) is 2.63. The summed E-state index contributed by atoms with van der Waals surface area (Å²) in [5.41, 5.74) is 2.44. The first-order valence-corrected chi connectivity index (χ1v) is 4.84. The minimum absolute atomic E-state index is 0.655. The predicted octanol–water partition coefficient (Wildman–Crippen LogP) is 3.39. The lowest BCUT2D eigenvalue weighted by molar-refractivity contribution is 0.583. The third-order valence-electron chi connectivity index (χ3n) is 1.63. The molecular formula is C8H5ClINO. The van der Waals surface area contributed by atoms with Crippen LogP contribution in [-0.4, -0.2) is 4.98 Å². The molecule has 0 aromatic carbocycles. The Kier molecular flexibility index (Phi) is 2.00. The van der Waals surface area contributed by atoms with E-state index >= 15 is 0 Å². The maximum atomic E-state index is 6.00. The molecule has 0 aliphatic carbocycles. The van der Waals surface area contributed by atoms with Crippen LogP contribution in [0, 0.1) is 10.7 Å². The van der Waals surface area contributed by atoms with Gasteiger partial charge >= 0.3 is 0 Å². The number of rotatable bonds is 0. The molecule has 0 spiro atoms. The van der Waals surface area contributed by atoms with Crippen molar-refractivity contribution in [3.05, 3.63) is 26.6 Å². The molecule has 0 unspecified atom stereocenters. The lowest BCUT2D eigenvalue weighted by Gasteiger charge is -1.95. The minimum atomic E-state index is 0.655. The fourth-order valence-electron chi connectivity index (χ4n) is 1.01. The van der Waals surface area contributed by atoms with Crippen molar-refractivity contribution in [2.24, 2.45) is 0 Å². The van der Waals surface area contributed by atoms with Crippen molar-refractivity contribution in [1.29, 1.82) is 0 Å². The lowest BCUT2D eigenvalue weighted by Crippen LogP contribution is -1.78. The number of hydrogen-bond acceptors (Lipinski definition) is 2. The van der Waals surface area contributed by atoms with Crippen molar-refractivity contribution in [3.8, 4) is 0 Å². The predicted molar refractivity (Wildman–Crippen MR) is 56.5 cm³/mol. The van der Waals surface area contributed by atoms with Crippen molar-refractivity contribution in [1.82, 2.24) is 4.98 Å². The monoisotopic (exact) mass is 293 g/mol. The lowest BCUT2D eigenvalue weighted by atomic mass is 10.3. The molecule has 2 aromatic heterocycles. The van der Waals surface area contributed by atoms with Crippen LogP contribution in [0.5, 0.6) is 0 Å². The van der Waals surface area contributed by atoms with Crippen LogP contribution in [0.25, 0.3) is 11.1 Å². The second-order valence-corrected chi connectivity index (χ2v) is 3.96. The number of aromatic nitrogens is 1. The van der Waals surface area contributed by atoms with Gasteiger partial charge in [-0.1, -0.05) is 11.6 Å². The first-order chi connectivity index (χ1) is 5.68. The first kappa shape index (κ1) is 8.31. The molecule has 4 heteroatoms. The quantitative estimate of drug-likeness (QED) is 0.696. The molecule has 0 aliphatic heterocycles. The number of furan rings is 1. The van der Waals surface area contributed by atoms with Crippen LogP contribution in [0.2, 0.25) is 5.02 Å². The number of halogens is 2. The van der Waals surface area contributed by atoms with E-state index in [0.29, 0.717) is 10.6 Å². The summed E-state index contributed by atoms with van der Waals surface area (Å²) in [7, 11) is 0. The van der Waals surface area contributed by atoms with Crippen LogP contribution >= 0.6 is 34.2 Å². The SMILES string of the molecule is Cc1cnc2cc(I)oc2c1Cl. The molecule has 0 atom stereocenters. The standard InChI is InChI=1S/C8H5ClINO/c1-4-3-11-5-2-6(10)12-8(5)7(4)9/h2-3H,1H3. The fraction of sp³-hybridized carbons (Fsp3) is 0.125. The summed E-state index contributed by atoms with van der Waals surface area (Å²) in [5.74, 6) is 0. The zero-order chi connectivity index (χ0) is 8.72. The maximum absolute atomic E-state index is 6.00. The van der Waals surface area contributed by atoms with E-state index in [1.165, 1.54) is 0 Å². The van der Waals surface area contributed by atoms with Gasteiger partial charge in [0.2, 0.25) is 0 Å². The van der Waals surface area contributed by atoms with E-state index in [1.807, 2.05) is 13.0 Å². The van der Waals surface area contributed by atoms with E-state index < -0.39 is 0 Å². The molecule has 0 saturated heterocycles. The average molecular weight is 293 g/mol. The van der Waals surface area contributed by atoms with Crippen LogP contribution in [0.4, 0.5) is 0 Å². The van der Waals surface area contributed by atoms with Gasteiger partial charge in [-0.3, -0.25) is 4.98 Å². The molecule has 0 amide bonds. The molecule has 0 fully saturated rings. The van der Waals surface area contributed by atoms with Gasteiger partial charge in [-0.05, 0) is 35.1 Å². The largest absolute Gasteiger partial charge is 0.447 e. The van der Waals surface area contributed by atoms with E-state index in [2.05, 4.69) is 27.6 Å². The normalized spacial score (nSPS) is 10.9. The third kappa shape index (κ3) is 1.21. The molecule has 0 aliphatic rings. The molecule has 2 nitrogen and oxygen atoms in total. The molecular weight excluding hydrogens is 288 g/mol. The number of nitrogens with zero attached hydrogens (tertiary/aromatic N) is 1. The van der Waals surface area contributed by atoms with Crippen molar-refractivity contribution in [2.45, 2.75) is 6.92 Å². The molecule has 0 bridgehead atoms. The Bertz CT molecular complexity index is 438. The van der Waals surface area contributed by atoms with E-state index in [4.69, 9.17) is 16.0 Å². The summed E-state index contributed by atoms with van der Waals surface area (Å²) < 4.78 is 6.18. The Morgan fingerprint density at radius 2 is 2.33 bits per heavy atom. The average Bonchev–Trinajstić information content (AvgIpc) is 2.39. The number of pyridine rings is 1. The van der Waals surface area contributed by atoms with Gasteiger partial charge in [0.05, 0.1) is 5.02 Å². The van der Waals surface area contributed by atoms with Crippen molar-refractivity contribution in [3.63, 3.8) is 0 Å². The summed E-state index contributed by atoms with van der Waals surface area (Å²) in [6, 6.07) is 1.86. The Morgan fingerprint density at radius 1 is 1.58 bits per heavy atom. The van der Waals surface area contributed by atoms with Gasteiger partial charge in [0, 0.05) is 12.3 Å². The molecule has 0 N–H and O–H groups in total. The van der Waals surface area contributed by atoms with Gasteiger partial charge in [0.1, 0.15) is 5.52 Å². The van der Waals surface area contributed by atoms with Crippen molar-refractivity contribution >= 4 is 45.3 Å². The van der Waals surface area contributed by atoms with E-state index in [1.54, 1.807) is 6.20 Å². The topological polar surface area (TPSA) is 26.0 Å².